The number of benzene rings is 3. The molecule has 0 aromatic heterocycles. The lowest BCUT2D eigenvalue weighted by molar-refractivity contribution is -0.384. The van der Waals surface area contributed by atoms with Crippen LogP contribution in [0.4, 0.5) is 10.1 Å². The predicted molar refractivity (Wildman–Crippen MR) is 110 cm³/mol. The van der Waals surface area contributed by atoms with Crippen LogP contribution >= 0.6 is 0 Å². The van der Waals surface area contributed by atoms with Gasteiger partial charge in [-0.25, -0.2) is 4.39 Å². The van der Waals surface area contributed by atoms with E-state index in [4.69, 9.17) is 9.47 Å². The van der Waals surface area contributed by atoms with Crippen LogP contribution in [0.2, 0.25) is 0 Å². The van der Waals surface area contributed by atoms with Crippen LogP contribution in [-0.4, -0.2) is 12.0 Å². The van der Waals surface area contributed by atoms with E-state index in [1.54, 1.807) is 42.5 Å². The molecule has 0 spiro atoms. The zero-order chi connectivity index (χ0) is 21.5. The van der Waals surface area contributed by atoms with Crippen molar-refractivity contribution < 1.29 is 18.8 Å². The topological polar surface area (TPSA) is 85.4 Å². The number of hydrogen-bond donors (Lipinski definition) is 0. The average molecular weight is 404 g/mol. The predicted octanol–water partition coefficient (Wildman–Crippen LogP) is 5.39. The monoisotopic (exact) mass is 404 g/mol. The number of hydrogen-bond acceptors (Lipinski definition) is 5. The summed E-state index contributed by atoms with van der Waals surface area (Å²) in [6.45, 7) is 0.0461. The molecule has 6 nitrogen and oxygen atoms in total. The first-order valence-electron chi connectivity index (χ1n) is 8.92. The maximum atomic E-state index is 13.8. The molecule has 0 bridgehead atoms. The molecule has 3 aromatic rings. The third kappa shape index (κ3) is 4.80. The first kappa shape index (κ1) is 20.6. The second-order valence-corrected chi connectivity index (χ2v) is 6.26. The molecule has 0 aliphatic heterocycles. The largest absolute Gasteiger partial charge is 0.493 e. The van der Waals surface area contributed by atoms with Gasteiger partial charge in [-0.3, -0.25) is 10.1 Å². The van der Waals surface area contributed by atoms with Crippen molar-refractivity contribution in [3.8, 4) is 17.6 Å². The van der Waals surface area contributed by atoms with Gasteiger partial charge in [0.05, 0.1) is 23.7 Å². The van der Waals surface area contributed by atoms with E-state index < -0.39 is 4.92 Å². The van der Waals surface area contributed by atoms with Gasteiger partial charge < -0.3 is 9.47 Å². The minimum absolute atomic E-state index is 0.0461. The maximum Gasteiger partial charge on any atom is 0.269 e. The Morgan fingerprint density at radius 1 is 1.13 bits per heavy atom. The molecule has 3 aromatic carbocycles. The van der Waals surface area contributed by atoms with Crippen molar-refractivity contribution >= 4 is 17.3 Å². The molecule has 0 heterocycles. The SMILES string of the molecule is COc1cc(C=C(C#N)c2ccc([N+](=O)[O-])cc2)ccc1OCc1ccccc1F. The Morgan fingerprint density at radius 3 is 2.50 bits per heavy atom. The fourth-order valence-corrected chi connectivity index (χ4v) is 2.77. The van der Waals surface area contributed by atoms with E-state index in [2.05, 4.69) is 6.07 Å². The standard InChI is InChI=1S/C23H17FN2O4/c1-29-23-13-16(6-11-22(23)30-15-18-4-2-3-5-21(18)24)12-19(14-25)17-7-9-20(10-8-17)26(27)28/h2-13H,15H2,1H3. The first-order valence-corrected chi connectivity index (χ1v) is 8.92. The molecule has 0 unspecified atom stereocenters. The number of allylic oxidation sites excluding steroid dienone is 1. The third-order valence-corrected chi connectivity index (χ3v) is 4.35. The summed E-state index contributed by atoms with van der Waals surface area (Å²) in [5, 5.41) is 20.3. The molecule has 0 atom stereocenters. The van der Waals surface area contributed by atoms with E-state index in [-0.39, 0.29) is 18.1 Å². The molecule has 0 radical (unpaired) electrons. The Kier molecular flexibility index (Phi) is 6.40. The van der Waals surface area contributed by atoms with Gasteiger partial charge in [-0.1, -0.05) is 24.3 Å². The third-order valence-electron chi connectivity index (χ3n) is 4.35. The van der Waals surface area contributed by atoms with Crippen LogP contribution in [0.1, 0.15) is 16.7 Å². The summed E-state index contributed by atoms with van der Waals surface area (Å²) in [6, 6.07) is 19.3. The molecule has 0 amide bonds. The van der Waals surface area contributed by atoms with Crippen molar-refractivity contribution in [1.29, 1.82) is 5.26 Å². The van der Waals surface area contributed by atoms with E-state index in [1.165, 1.54) is 37.4 Å². The van der Waals surface area contributed by atoms with Gasteiger partial charge in [0.25, 0.3) is 5.69 Å². The number of nitriles is 1. The van der Waals surface area contributed by atoms with Gasteiger partial charge in [-0.2, -0.15) is 5.26 Å². The number of ether oxygens (including phenoxy) is 2. The van der Waals surface area contributed by atoms with Crippen LogP contribution in [-0.2, 0) is 6.61 Å². The number of halogens is 1. The van der Waals surface area contributed by atoms with Crippen LogP contribution in [0.25, 0.3) is 11.6 Å². The molecule has 0 fully saturated rings. The van der Waals surface area contributed by atoms with Gasteiger partial charge in [0.15, 0.2) is 11.5 Å². The van der Waals surface area contributed by atoms with Crippen molar-refractivity contribution in [2.75, 3.05) is 7.11 Å². The van der Waals surface area contributed by atoms with Crippen LogP contribution < -0.4 is 9.47 Å². The molecule has 7 heteroatoms. The van der Waals surface area contributed by atoms with Gasteiger partial charge in [0, 0.05) is 17.7 Å². The molecule has 30 heavy (non-hydrogen) atoms. The number of nitro benzene ring substituents is 1. The molecule has 150 valence electrons. The molecule has 0 saturated heterocycles. The summed E-state index contributed by atoms with van der Waals surface area (Å²) < 4.78 is 24.8. The maximum absolute atomic E-state index is 13.8. The molecular formula is C23H17FN2O4. The molecule has 0 N–H and O–H groups in total. The number of nitro groups is 1. The van der Waals surface area contributed by atoms with Gasteiger partial charge >= 0.3 is 0 Å². The molecular weight excluding hydrogens is 387 g/mol. The summed E-state index contributed by atoms with van der Waals surface area (Å²) in [4.78, 5) is 10.3. The molecule has 3 rings (SSSR count). The minimum Gasteiger partial charge on any atom is -0.493 e. The second-order valence-electron chi connectivity index (χ2n) is 6.26. The second kappa shape index (κ2) is 9.34. The highest BCUT2D eigenvalue weighted by Crippen LogP contribution is 2.31. The van der Waals surface area contributed by atoms with E-state index >= 15 is 0 Å². The Balaban J connectivity index is 1.83. The van der Waals surface area contributed by atoms with Crippen LogP contribution in [0, 0.1) is 27.3 Å². The Bertz CT molecular complexity index is 1130. The van der Waals surface area contributed by atoms with Gasteiger partial charge in [-0.05, 0) is 47.5 Å². The van der Waals surface area contributed by atoms with Gasteiger partial charge in [-0.15, -0.1) is 0 Å². The first-order chi connectivity index (χ1) is 14.5. The summed E-state index contributed by atoms with van der Waals surface area (Å²) in [7, 11) is 1.49. The quantitative estimate of drug-likeness (QED) is 0.228. The van der Waals surface area contributed by atoms with Crippen molar-refractivity contribution in [1.82, 2.24) is 0 Å². The van der Waals surface area contributed by atoms with E-state index in [0.29, 0.717) is 33.8 Å². The van der Waals surface area contributed by atoms with E-state index in [0.717, 1.165) is 0 Å². The molecule has 0 aliphatic rings. The lowest BCUT2D eigenvalue weighted by Crippen LogP contribution is -2.00. The highest BCUT2D eigenvalue weighted by atomic mass is 19.1. The lowest BCUT2D eigenvalue weighted by atomic mass is 10.0. The number of methoxy groups -OCH3 is 1. The zero-order valence-corrected chi connectivity index (χ0v) is 16.0. The lowest BCUT2D eigenvalue weighted by Gasteiger charge is -2.12. The van der Waals surface area contributed by atoms with Crippen molar-refractivity contribution in [2.45, 2.75) is 6.61 Å². The number of rotatable bonds is 7. The normalized spacial score (nSPS) is 10.9. The Morgan fingerprint density at radius 2 is 1.87 bits per heavy atom. The fourth-order valence-electron chi connectivity index (χ4n) is 2.77. The summed E-state index contributed by atoms with van der Waals surface area (Å²) >= 11 is 0. The van der Waals surface area contributed by atoms with Crippen LogP contribution in [0.15, 0.2) is 66.7 Å². The highest BCUT2D eigenvalue weighted by Gasteiger charge is 2.10. The van der Waals surface area contributed by atoms with Crippen molar-refractivity contribution in [3.05, 3.63) is 99.4 Å². The summed E-state index contributed by atoms with van der Waals surface area (Å²) in [6.07, 6.45) is 1.64. The zero-order valence-electron chi connectivity index (χ0n) is 16.0. The van der Waals surface area contributed by atoms with E-state index in [9.17, 15) is 19.8 Å². The smallest absolute Gasteiger partial charge is 0.269 e. The average Bonchev–Trinajstić information content (AvgIpc) is 2.77. The van der Waals surface area contributed by atoms with E-state index in [1.807, 2.05) is 0 Å². The Labute approximate surface area is 172 Å². The Hall–Kier alpha value is -4.18. The number of nitrogens with zero attached hydrogens (tertiary/aromatic N) is 2. The van der Waals surface area contributed by atoms with Crippen LogP contribution in [0.3, 0.4) is 0 Å². The number of non-ortho nitro benzene ring substituents is 1. The highest BCUT2D eigenvalue weighted by molar-refractivity contribution is 5.90. The van der Waals surface area contributed by atoms with Gasteiger partial charge in [0.1, 0.15) is 12.4 Å². The molecule has 0 aliphatic carbocycles. The summed E-state index contributed by atoms with van der Waals surface area (Å²) in [5.41, 5.74) is 1.96. The van der Waals surface area contributed by atoms with Crippen molar-refractivity contribution in [3.63, 3.8) is 0 Å². The van der Waals surface area contributed by atoms with Crippen molar-refractivity contribution in [2.24, 2.45) is 0 Å². The van der Waals surface area contributed by atoms with Gasteiger partial charge in [0.2, 0.25) is 0 Å². The fraction of sp³-hybridized carbons (Fsp3) is 0.0870. The summed E-state index contributed by atoms with van der Waals surface area (Å²) in [5.74, 6) is 0.519. The molecule has 0 saturated carbocycles. The van der Waals surface area contributed by atoms with Crippen LogP contribution in [0.5, 0.6) is 11.5 Å². The minimum atomic E-state index is -0.496.